The van der Waals surface area contributed by atoms with Crippen molar-refractivity contribution in [3.05, 3.63) is 137 Å². The summed E-state index contributed by atoms with van der Waals surface area (Å²) in [5.41, 5.74) is 3.26. The third-order valence-electron chi connectivity index (χ3n) is 10.5. The second-order valence-electron chi connectivity index (χ2n) is 14.6. The molecule has 13 heteroatoms. The number of aliphatic hydroxyl groups is 1. The van der Waals surface area contributed by atoms with Crippen LogP contribution in [-0.2, 0) is 34.6 Å². The van der Waals surface area contributed by atoms with E-state index >= 15 is 4.79 Å². The van der Waals surface area contributed by atoms with Crippen molar-refractivity contribution in [2.45, 2.75) is 63.2 Å². The first-order valence-corrected chi connectivity index (χ1v) is 21.2. The Balaban J connectivity index is 1.21. The van der Waals surface area contributed by atoms with Gasteiger partial charge >= 0.3 is 0 Å². The molecule has 4 atom stereocenters. The largest absolute Gasteiger partial charge is 0.432 e. The highest BCUT2D eigenvalue weighted by molar-refractivity contribution is 6.71. The number of amides is 3. The molecule has 1 fully saturated rings. The zero-order valence-electron chi connectivity index (χ0n) is 30.5. The number of carbonyl (C=O) groups is 3. The SMILES string of the molecule is C[C@H]1[C@H]([Si](C)(C)O)[C@@H](CCn2cc(CCO)nn2)O[C@]12C(=O)N(Cc1ccc(NC(=O)c3ccccc3)cc1)c1ccc(NC(=O)c3ccccc3)cc12. The zero-order chi connectivity index (χ0) is 38.0. The van der Waals surface area contributed by atoms with Gasteiger partial charge in [-0.1, -0.05) is 60.7 Å². The van der Waals surface area contributed by atoms with E-state index in [2.05, 4.69) is 20.9 Å². The molecule has 2 aliphatic rings. The topological polar surface area (TPSA) is 159 Å². The van der Waals surface area contributed by atoms with Crippen LogP contribution in [0.4, 0.5) is 17.1 Å². The van der Waals surface area contributed by atoms with Crippen molar-refractivity contribution in [2.24, 2.45) is 5.92 Å². The third-order valence-corrected chi connectivity index (χ3v) is 13.0. The minimum absolute atomic E-state index is 0.0301. The smallest absolute Gasteiger partial charge is 0.264 e. The number of hydrogen-bond donors (Lipinski definition) is 4. The predicted molar refractivity (Wildman–Crippen MR) is 207 cm³/mol. The van der Waals surface area contributed by atoms with Gasteiger partial charge < -0.3 is 30.2 Å². The Hall–Kier alpha value is -5.47. The Kier molecular flexibility index (Phi) is 10.3. The van der Waals surface area contributed by atoms with E-state index in [1.165, 1.54) is 0 Å². The van der Waals surface area contributed by atoms with Gasteiger partial charge in [0.05, 0.1) is 24.0 Å². The first-order chi connectivity index (χ1) is 26.0. The Morgan fingerprint density at radius 3 is 2.11 bits per heavy atom. The molecule has 1 saturated heterocycles. The molecule has 0 saturated carbocycles. The molecule has 0 aliphatic carbocycles. The molecule has 0 unspecified atom stereocenters. The van der Waals surface area contributed by atoms with Gasteiger partial charge in [0.2, 0.25) is 0 Å². The molecule has 0 radical (unpaired) electrons. The highest BCUT2D eigenvalue weighted by atomic mass is 28.4. The summed E-state index contributed by atoms with van der Waals surface area (Å²) in [6, 6.07) is 30.7. The van der Waals surface area contributed by atoms with Gasteiger partial charge in [-0.2, -0.15) is 0 Å². The van der Waals surface area contributed by atoms with Crippen LogP contribution in [0.15, 0.2) is 109 Å². The number of rotatable bonds is 12. The maximum absolute atomic E-state index is 15.0. The van der Waals surface area contributed by atoms with Crippen LogP contribution in [0.2, 0.25) is 18.6 Å². The Morgan fingerprint density at radius 2 is 1.50 bits per heavy atom. The van der Waals surface area contributed by atoms with Crippen LogP contribution in [0.25, 0.3) is 0 Å². The van der Waals surface area contributed by atoms with E-state index in [4.69, 9.17) is 4.74 Å². The Labute approximate surface area is 314 Å². The van der Waals surface area contributed by atoms with Crippen LogP contribution < -0.4 is 15.5 Å². The molecule has 54 heavy (non-hydrogen) atoms. The number of fused-ring (bicyclic) bond motifs is 2. The molecule has 278 valence electrons. The molecule has 3 amide bonds. The molecule has 2 aliphatic heterocycles. The summed E-state index contributed by atoms with van der Waals surface area (Å²) in [6.07, 6.45) is 2.18. The van der Waals surface area contributed by atoms with E-state index < -0.39 is 25.9 Å². The lowest BCUT2D eigenvalue weighted by molar-refractivity contribution is -0.146. The van der Waals surface area contributed by atoms with Crippen molar-refractivity contribution < 1.29 is 29.0 Å². The number of ether oxygens (including phenoxy) is 1. The van der Waals surface area contributed by atoms with Crippen LogP contribution in [0.3, 0.4) is 0 Å². The van der Waals surface area contributed by atoms with Crippen LogP contribution in [-0.4, -0.2) is 63.6 Å². The number of aryl methyl sites for hydroxylation is 1. The molecular weight excluding hydrogens is 701 g/mol. The number of aromatic nitrogens is 3. The van der Waals surface area contributed by atoms with Crippen LogP contribution in [0.5, 0.6) is 0 Å². The monoisotopic (exact) mass is 744 g/mol. The minimum atomic E-state index is -2.94. The maximum atomic E-state index is 15.0. The van der Waals surface area contributed by atoms with Crippen molar-refractivity contribution in [1.29, 1.82) is 0 Å². The summed E-state index contributed by atoms with van der Waals surface area (Å²) in [5.74, 6) is -1.15. The average molecular weight is 745 g/mol. The number of nitrogens with one attached hydrogen (secondary N) is 2. The normalized spacial score (nSPS) is 20.6. The fourth-order valence-electron chi connectivity index (χ4n) is 7.98. The van der Waals surface area contributed by atoms with E-state index in [0.717, 1.165) is 5.56 Å². The first kappa shape index (κ1) is 36.9. The fourth-order valence-corrected chi connectivity index (χ4v) is 10.6. The number of aliphatic hydroxyl groups excluding tert-OH is 1. The first-order valence-electron chi connectivity index (χ1n) is 18.2. The number of carbonyl (C=O) groups excluding carboxylic acids is 3. The quantitative estimate of drug-likeness (QED) is 0.118. The summed E-state index contributed by atoms with van der Waals surface area (Å²) < 4.78 is 8.72. The van der Waals surface area contributed by atoms with E-state index in [1.807, 2.05) is 80.7 Å². The van der Waals surface area contributed by atoms with Crippen molar-refractivity contribution in [1.82, 2.24) is 15.0 Å². The summed E-state index contributed by atoms with van der Waals surface area (Å²) in [5, 5.41) is 23.6. The van der Waals surface area contributed by atoms with Gasteiger partial charge in [-0.25, -0.2) is 0 Å². The molecular formula is C41H44N6O6Si. The third kappa shape index (κ3) is 7.23. The van der Waals surface area contributed by atoms with E-state index in [1.54, 1.807) is 58.2 Å². The van der Waals surface area contributed by atoms with Crippen molar-refractivity contribution in [3.8, 4) is 0 Å². The minimum Gasteiger partial charge on any atom is -0.432 e. The highest BCUT2D eigenvalue weighted by Gasteiger charge is 2.66. The second kappa shape index (κ2) is 15.1. The van der Waals surface area contributed by atoms with E-state index in [9.17, 15) is 19.5 Å². The van der Waals surface area contributed by atoms with Crippen molar-refractivity contribution >= 4 is 43.1 Å². The second-order valence-corrected chi connectivity index (χ2v) is 18.5. The van der Waals surface area contributed by atoms with Gasteiger partial charge in [0.1, 0.15) is 0 Å². The summed E-state index contributed by atoms with van der Waals surface area (Å²) >= 11 is 0. The number of hydrogen-bond acceptors (Lipinski definition) is 8. The average Bonchev–Trinajstić information content (AvgIpc) is 3.81. The van der Waals surface area contributed by atoms with Gasteiger partial charge in [0, 0.05) is 65.3 Å². The Morgan fingerprint density at radius 1 is 0.889 bits per heavy atom. The van der Waals surface area contributed by atoms with E-state index in [0.29, 0.717) is 58.8 Å². The molecule has 5 aromatic rings. The molecule has 4 aromatic carbocycles. The van der Waals surface area contributed by atoms with Crippen LogP contribution in [0, 0.1) is 5.92 Å². The summed E-state index contributed by atoms with van der Waals surface area (Å²) in [6.45, 7) is 6.38. The lowest BCUT2D eigenvalue weighted by Crippen LogP contribution is -2.46. The van der Waals surface area contributed by atoms with Gasteiger partial charge in [-0.05, 0) is 79.7 Å². The highest BCUT2D eigenvalue weighted by Crippen LogP contribution is 2.60. The van der Waals surface area contributed by atoms with Gasteiger partial charge in [0.15, 0.2) is 13.9 Å². The predicted octanol–water partition coefficient (Wildman–Crippen LogP) is 5.75. The van der Waals surface area contributed by atoms with E-state index in [-0.39, 0.29) is 36.4 Å². The summed E-state index contributed by atoms with van der Waals surface area (Å²) in [7, 11) is -2.94. The fraction of sp³-hybridized carbons (Fsp3) is 0.293. The molecule has 4 N–H and O–H groups in total. The lowest BCUT2D eigenvalue weighted by Gasteiger charge is -2.32. The molecule has 3 heterocycles. The molecule has 1 aromatic heterocycles. The number of anilines is 3. The Bertz CT molecular complexity index is 2140. The van der Waals surface area contributed by atoms with Crippen LogP contribution >= 0.6 is 0 Å². The summed E-state index contributed by atoms with van der Waals surface area (Å²) in [4.78, 5) is 54.5. The molecule has 12 nitrogen and oxygen atoms in total. The van der Waals surface area contributed by atoms with Gasteiger partial charge in [0.25, 0.3) is 17.7 Å². The number of benzene rings is 4. The zero-order valence-corrected chi connectivity index (χ0v) is 31.5. The van der Waals surface area contributed by atoms with Crippen LogP contribution in [0.1, 0.15) is 50.9 Å². The van der Waals surface area contributed by atoms with Crippen molar-refractivity contribution in [2.75, 3.05) is 22.1 Å². The van der Waals surface area contributed by atoms with Gasteiger partial charge in [-0.15, -0.1) is 5.10 Å². The number of nitrogens with zero attached hydrogens (tertiary/aromatic N) is 4. The van der Waals surface area contributed by atoms with Crippen molar-refractivity contribution in [3.63, 3.8) is 0 Å². The molecule has 7 rings (SSSR count). The molecule has 1 spiro atoms. The lowest BCUT2D eigenvalue weighted by atomic mass is 9.82. The maximum Gasteiger partial charge on any atom is 0.264 e. The standard InChI is InChI=1S/C41H44N6O6Si/c1-27-37(54(2,3)52)36(20-22-46-26-33(21-23-48)44-45-46)53-41(27)34-24-32(43-39(50)30-12-8-5-9-13-30)18-19-35(34)47(40(41)51)25-28-14-16-31(17-15-28)42-38(49)29-10-6-4-7-11-29/h4-19,24,26-27,36-37,48,52H,20-23,25H2,1-3H3,(H,42,49)(H,43,50)/t27-,36+,37-,41+/m0/s1. The van der Waals surface area contributed by atoms with Gasteiger partial charge in [-0.3, -0.25) is 19.1 Å². The molecule has 0 bridgehead atoms.